The molecule has 3 rings (SSSR count). The van der Waals surface area contributed by atoms with Crippen LogP contribution in [0, 0.1) is 6.92 Å². The second kappa shape index (κ2) is 8.93. The Hall–Kier alpha value is -3.11. The van der Waals surface area contributed by atoms with Crippen molar-refractivity contribution in [1.82, 2.24) is 19.1 Å². The van der Waals surface area contributed by atoms with Gasteiger partial charge in [-0.3, -0.25) is 14.3 Å². The van der Waals surface area contributed by atoms with Crippen LogP contribution in [0.5, 0.6) is 5.75 Å². The molecular formula is C19H26N6O4. The van der Waals surface area contributed by atoms with Crippen LogP contribution < -0.4 is 27.0 Å². The molecule has 0 fully saturated rings. The van der Waals surface area contributed by atoms with Gasteiger partial charge in [0.25, 0.3) is 5.56 Å². The Balaban J connectivity index is 1.86. The van der Waals surface area contributed by atoms with Crippen molar-refractivity contribution in [1.29, 1.82) is 0 Å². The molecule has 0 bridgehead atoms. The minimum Gasteiger partial charge on any atom is -0.491 e. The standard InChI is InChI=1S/C19H26N6O4/c1-12-4-6-14(7-5-12)29-11-13(26)10-25-15-16(22-18(25)21-9-3-8-20)24(2)19(28)23-17(15)27/h4-7,13,26H,3,8-11,20H2,1-2H3,(H,21,22)(H,23,27,28). The Morgan fingerprint density at radius 1 is 1.31 bits per heavy atom. The van der Waals surface area contributed by atoms with Crippen molar-refractivity contribution < 1.29 is 9.84 Å². The maximum absolute atomic E-state index is 12.4. The molecule has 0 spiro atoms. The Morgan fingerprint density at radius 3 is 2.72 bits per heavy atom. The van der Waals surface area contributed by atoms with Gasteiger partial charge in [-0.25, -0.2) is 4.79 Å². The molecule has 2 aromatic heterocycles. The minimum atomic E-state index is -0.902. The van der Waals surface area contributed by atoms with Gasteiger partial charge in [0.1, 0.15) is 18.5 Å². The van der Waals surface area contributed by atoms with Crippen LogP contribution in [0.25, 0.3) is 11.2 Å². The molecular weight excluding hydrogens is 376 g/mol. The van der Waals surface area contributed by atoms with Gasteiger partial charge in [-0.05, 0) is 32.0 Å². The number of hydrogen-bond donors (Lipinski definition) is 4. The summed E-state index contributed by atoms with van der Waals surface area (Å²) in [5.41, 5.74) is 5.98. The van der Waals surface area contributed by atoms with E-state index in [-0.39, 0.29) is 24.3 Å². The number of aliphatic hydroxyl groups excluding tert-OH is 1. The predicted octanol–water partition coefficient (Wildman–Crippen LogP) is -0.0677. The van der Waals surface area contributed by atoms with Gasteiger partial charge in [-0.2, -0.15) is 4.98 Å². The maximum Gasteiger partial charge on any atom is 0.329 e. The first-order valence-electron chi connectivity index (χ1n) is 9.41. The molecule has 0 saturated heterocycles. The Bertz CT molecular complexity index is 1080. The average molecular weight is 402 g/mol. The average Bonchev–Trinajstić information content (AvgIpc) is 3.05. The smallest absolute Gasteiger partial charge is 0.329 e. The maximum atomic E-state index is 12.4. The molecule has 0 amide bonds. The van der Waals surface area contributed by atoms with Crippen LogP contribution in [-0.2, 0) is 13.6 Å². The number of ether oxygens (including phenoxy) is 1. The number of aromatic amines is 1. The number of imidazole rings is 1. The SMILES string of the molecule is Cc1ccc(OCC(O)Cn2c(NCCCN)nc3c2c(=O)[nH]c(=O)n3C)cc1. The van der Waals surface area contributed by atoms with Crippen molar-refractivity contribution in [3.8, 4) is 5.75 Å². The van der Waals surface area contributed by atoms with Gasteiger partial charge >= 0.3 is 5.69 Å². The van der Waals surface area contributed by atoms with Crippen LogP contribution in [0.15, 0.2) is 33.9 Å². The number of hydrogen-bond acceptors (Lipinski definition) is 7. The van der Waals surface area contributed by atoms with Crippen LogP contribution in [0.3, 0.4) is 0 Å². The molecule has 29 heavy (non-hydrogen) atoms. The topological polar surface area (TPSA) is 140 Å². The number of nitrogens with one attached hydrogen (secondary N) is 2. The van der Waals surface area contributed by atoms with Crippen LogP contribution in [0.1, 0.15) is 12.0 Å². The lowest BCUT2D eigenvalue weighted by Gasteiger charge is -2.16. The predicted molar refractivity (Wildman–Crippen MR) is 110 cm³/mol. The monoisotopic (exact) mass is 402 g/mol. The lowest BCUT2D eigenvalue weighted by Crippen LogP contribution is -2.31. The molecule has 0 radical (unpaired) electrons. The fraction of sp³-hybridized carbons (Fsp3) is 0.421. The second-order valence-electron chi connectivity index (χ2n) is 6.88. The van der Waals surface area contributed by atoms with Crippen molar-refractivity contribution in [2.24, 2.45) is 12.8 Å². The van der Waals surface area contributed by atoms with Crippen molar-refractivity contribution in [3.05, 3.63) is 50.7 Å². The molecule has 1 unspecified atom stereocenters. The van der Waals surface area contributed by atoms with Gasteiger partial charge in [-0.15, -0.1) is 0 Å². The van der Waals surface area contributed by atoms with E-state index in [1.54, 1.807) is 4.57 Å². The van der Waals surface area contributed by atoms with E-state index in [1.165, 1.54) is 11.6 Å². The first-order chi connectivity index (χ1) is 13.9. The summed E-state index contributed by atoms with van der Waals surface area (Å²) in [6.45, 7) is 3.12. The van der Waals surface area contributed by atoms with Gasteiger partial charge in [0, 0.05) is 13.6 Å². The molecule has 0 aliphatic heterocycles. The number of fused-ring (bicyclic) bond motifs is 1. The number of rotatable bonds is 9. The summed E-state index contributed by atoms with van der Waals surface area (Å²) in [4.78, 5) is 31.0. The summed E-state index contributed by atoms with van der Waals surface area (Å²) in [7, 11) is 1.53. The van der Waals surface area contributed by atoms with Crippen molar-refractivity contribution in [2.75, 3.05) is 25.0 Å². The van der Waals surface area contributed by atoms with E-state index < -0.39 is 17.4 Å². The van der Waals surface area contributed by atoms with Gasteiger partial charge in [0.2, 0.25) is 5.95 Å². The van der Waals surface area contributed by atoms with E-state index in [2.05, 4.69) is 15.3 Å². The third-order valence-electron chi connectivity index (χ3n) is 4.53. The molecule has 156 valence electrons. The highest BCUT2D eigenvalue weighted by Gasteiger charge is 2.19. The molecule has 0 saturated carbocycles. The Morgan fingerprint density at radius 2 is 2.03 bits per heavy atom. The normalized spacial score (nSPS) is 12.3. The van der Waals surface area contributed by atoms with Gasteiger partial charge < -0.3 is 25.5 Å². The molecule has 0 aliphatic carbocycles. The summed E-state index contributed by atoms with van der Waals surface area (Å²) in [5.74, 6) is 1.03. The molecule has 1 atom stereocenters. The fourth-order valence-corrected chi connectivity index (χ4v) is 2.94. The number of aryl methyl sites for hydroxylation is 2. The first kappa shape index (κ1) is 20.6. The van der Waals surface area contributed by atoms with Gasteiger partial charge in [0.15, 0.2) is 11.2 Å². The number of H-pyrrole nitrogens is 1. The van der Waals surface area contributed by atoms with Crippen molar-refractivity contribution in [3.63, 3.8) is 0 Å². The third kappa shape index (κ3) is 4.66. The quantitative estimate of drug-likeness (QED) is 0.367. The number of nitrogens with zero attached hydrogens (tertiary/aromatic N) is 3. The highest BCUT2D eigenvalue weighted by Crippen LogP contribution is 2.17. The zero-order valence-corrected chi connectivity index (χ0v) is 16.5. The first-order valence-corrected chi connectivity index (χ1v) is 9.41. The zero-order chi connectivity index (χ0) is 21.0. The van der Waals surface area contributed by atoms with Crippen molar-refractivity contribution in [2.45, 2.75) is 26.0 Å². The Kier molecular flexibility index (Phi) is 6.35. The van der Waals surface area contributed by atoms with Crippen LogP contribution >= 0.6 is 0 Å². The Labute approximate surface area is 166 Å². The van der Waals surface area contributed by atoms with E-state index in [9.17, 15) is 14.7 Å². The summed E-state index contributed by atoms with van der Waals surface area (Å²) >= 11 is 0. The van der Waals surface area contributed by atoms with E-state index >= 15 is 0 Å². The fourth-order valence-electron chi connectivity index (χ4n) is 2.94. The van der Waals surface area contributed by atoms with Crippen LogP contribution in [0.4, 0.5) is 5.95 Å². The molecule has 3 aromatic rings. The summed E-state index contributed by atoms with van der Waals surface area (Å²) in [6.07, 6.45) is -0.196. The lowest BCUT2D eigenvalue weighted by molar-refractivity contribution is 0.0938. The minimum absolute atomic E-state index is 0.0364. The second-order valence-corrected chi connectivity index (χ2v) is 6.88. The van der Waals surface area contributed by atoms with Gasteiger partial charge in [0.05, 0.1) is 6.54 Å². The van der Waals surface area contributed by atoms with E-state index in [4.69, 9.17) is 10.5 Å². The third-order valence-corrected chi connectivity index (χ3v) is 4.53. The number of anilines is 1. The largest absolute Gasteiger partial charge is 0.491 e. The number of nitrogens with two attached hydrogens (primary N) is 1. The number of aliphatic hydroxyl groups is 1. The van der Waals surface area contributed by atoms with E-state index in [0.29, 0.717) is 31.2 Å². The summed E-state index contributed by atoms with van der Waals surface area (Å²) in [5, 5.41) is 13.6. The van der Waals surface area contributed by atoms with Crippen LogP contribution in [0.2, 0.25) is 0 Å². The van der Waals surface area contributed by atoms with Crippen molar-refractivity contribution >= 4 is 17.1 Å². The van der Waals surface area contributed by atoms with E-state index in [1.807, 2.05) is 31.2 Å². The highest BCUT2D eigenvalue weighted by molar-refractivity contribution is 5.74. The van der Waals surface area contributed by atoms with E-state index in [0.717, 1.165) is 5.56 Å². The molecule has 1 aromatic carbocycles. The molecule has 5 N–H and O–H groups in total. The summed E-state index contributed by atoms with van der Waals surface area (Å²) < 4.78 is 8.46. The summed E-state index contributed by atoms with van der Waals surface area (Å²) in [6, 6.07) is 7.50. The molecule has 10 heteroatoms. The number of benzene rings is 1. The molecule has 10 nitrogen and oxygen atoms in total. The molecule has 0 aliphatic rings. The lowest BCUT2D eigenvalue weighted by atomic mass is 10.2. The highest BCUT2D eigenvalue weighted by atomic mass is 16.5. The zero-order valence-electron chi connectivity index (χ0n) is 16.5. The number of aromatic nitrogens is 4. The van der Waals surface area contributed by atoms with Crippen LogP contribution in [-0.4, -0.2) is 50.0 Å². The molecule has 2 heterocycles. The van der Waals surface area contributed by atoms with Gasteiger partial charge in [-0.1, -0.05) is 17.7 Å².